The molecule has 0 saturated heterocycles. The van der Waals surface area contributed by atoms with Crippen molar-refractivity contribution in [2.75, 3.05) is 11.9 Å². The number of nitrogens with one attached hydrogen (secondary N) is 2. The molecule has 0 fully saturated rings. The number of carbonyl (C=O) groups excluding carboxylic acids is 1. The summed E-state index contributed by atoms with van der Waals surface area (Å²) in [7, 11) is 0. The normalized spacial score (nSPS) is 19.0. The predicted octanol–water partition coefficient (Wildman–Crippen LogP) is 3.77. The first-order chi connectivity index (χ1) is 15.2. The van der Waals surface area contributed by atoms with Crippen LogP contribution in [0.15, 0.2) is 77.6 Å². The van der Waals surface area contributed by atoms with E-state index in [1.165, 1.54) is 5.56 Å². The van der Waals surface area contributed by atoms with Crippen molar-refractivity contribution in [3.05, 3.63) is 100 Å². The van der Waals surface area contributed by atoms with Gasteiger partial charge in [-0.25, -0.2) is 4.98 Å². The Morgan fingerprint density at radius 2 is 1.71 bits per heavy atom. The molecule has 152 valence electrons. The predicted molar refractivity (Wildman–Crippen MR) is 120 cm³/mol. The molecule has 0 spiro atoms. The van der Waals surface area contributed by atoms with Crippen molar-refractivity contribution in [1.82, 2.24) is 14.9 Å². The second kappa shape index (κ2) is 6.80. The lowest BCUT2D eigenvalue weighted by molar-refractivity contribution is 0.0935. The van der Waals surface area contributed by atoms with E-state index in [0.717, 1.165) is 12.2 Å². The molecule has 3 heterocycles. The van der Waals surface area contributed by atoms with Gasteiger partial charge in [-0.2, -0.15) is 0 Å². The van der Waals surface area contributed by atoms with E-state index in [-0.39, 0.29) is 17.4 Å². The number of hydrogen-bond donors (Lipinski definition) is 2. The minimum absolute atomic E-state index is 0.153. The summed E-state index contributed by atoms with van der Waals surface area (Å²) in [5.41, 5.74) is 3.90. The van der Waals surface area contributed by atoms with Crippen LogP contribution < -0.4 is 16.2 Å². The van der Waals surface area contributed by atoms with E-state index in [0.29, 0.717) is 34.4 Å². The number of para-hydroxylation sites is 3. The van der Waals surface area contributed by atoms with Crippen LogP contribution in [-0.4, -0.2) is 22.0 Å². The van der Waals surface area contributed by atoms with E-state index in [9.17, 15) is 9.59 Å². The van der Waals surface area contributed by atoms with E-state index in [4.69, 9.17) is 4.98 Å². The van der Waals surface area contributed by atoms with Crippen molar-refractivity contribution < 1.29 is 4.79 Å². The van der Waals surface area contributed by atoms with E-state index >= 15 is 0 Å². The SMILES string of the molecule is O=C1NC(CC2CNc3ccccc32)c2nc3ccccc3c(=O)n2-c2ccccc21. The third-order valence-corrected chi connectivity index (χ3v) is 6.27. The van der Waals surface area contributed by atoms with Crippen LogP contribution in [0.2, 0.25) is 0 Å². The fourth-order valence-electron chi connectivity index (χ4n) is 4.79. The van der Waals surface area contributed by atoms with Gasteiger partial charge in [0, 0.05) is 18.2 Å². The quantitative estimate of drug-likeness (QED) is 0.529. The molecule has 2 atom stereocenters. The summed E-state index contributed by atoms with van der Waals surface area (Å²) in [5.74, 6) is 0.597. The maximum absolute atomic E-state index is 13.5. The fraction of sp³-hybridized carbons (Fsp3) is 0.160. The summed E-state index contributed by atoms with van der Waals surface area (Å²) in [6, 6.07) is 22.4. The van der Waals surface area contributed by atoms with Crippen molar-refractivity contribution in [1.29, 1.82) is 0 Å². The third-order valence-electron chi connectivity index (χ3n) is 6.27. The molecular formula is C25H20N4O2. The van der Waals surface area contributed by atoms with Crippen LogP contribution in [0.25, 0.3) is 16.6 Å². The molecule has 2 unspecified atom stereocenters. The highest BCUT2D eigenvalue weighted by atomic mass is 16.2. The van der Waals surface area contributed by atoms with E-state index in [1.807, 2.05) is 48.5 Å². The van der Waals surface area contributed by atoms with Crippen LogP contribution in [0, 0.1) is 0 Å². The molecule has 6 nitrogen and oxygen atoms in total. The molecule has 2 aliphatic heterocycles. The number of fused-ring (bicyclic) bond motifs is 5. The number of amides is 1. The first kappa shape index (κ1) is 17.9. The number of nitrogens with zero attached hydrogens (tertiary/aromatic N) is 2. The Morgan fingerprint density at radius 3 is 2.65 bits per heavy atom. The molecule has 6 heteroatoms. The second-order valence-electron chi connectivity index (χ2n) is 8.07. The molecule has 1 amide bonds. The van der Waals surface area contributed by atoms with Crippen LogP contribution in [-0.2, 0) is 0 Å². The lowest BCUT2D eigenvalue weighted by Crippen LogP contribution is -2.32. The number of benzene rings is 3. The number of carbonyl (C=O) groups is 1. The van der Waals surface area contributed by atoms with Crippen LogP contribution in [0.5, 0.6) is 0 Å². The number of rotatable bonds is 2. The number of hydrogen-bond acceptors (Lipinski definition) is 4. The first-order valence-corrected chi connectivity index (χ1v) is 10.5. The molecular weight excluding hydrogens is 388 g/mol. The summed E-state index contributed by atoms with van der Waals surface area (Å²) in [6.45, 7) is 0.788. The second-order valence-corrected chi connectivity index (χ2v) is 8.07. The van der Waals surface area contributed by atoms with Gasteiger partial charge in [0.1, 0.15) is 5.82 Å². The zero-order valence-electron chi connectivity index (χ0n) is 16.7. The fourth-order valence-corrected chi connectivity index (χ4v) is 4.79. The zero-order chi connectivity index (χ0) is 20.9. The van der Waals surface area contributed by atoms with Gasteiger partial charge in [-0.05, 0) is 42.3 Å². The van der Waals surface area contributed by atoms with Gasteiger partial charge >= 0.3 is 0 Å². The van der Waals surface area contributed by atoms with Crippen molar-refractivity contribution in [3.8, 4) is 5.69 Å². The van der Waals surface area contributed by atoms with Crippen LogP contribution >= 0.6 is 0 Å². The van der Waals surface area contributed by atoms with Gasteiger partial charge in [-0.3, -0.25) is 14.2 Å². The molecule has 0 radical (unpaired) electrons. The molecule has 2 N–H and O–H groups in total. The lowest BCUT2D eigenvalue weighted by atomic mass is 9.93. The third kappa shape index (κ3) is 2.75. The average molecular weight is 408 g/mol. The smallest absolute Gasteiger partial charge is 0.266 e. The van der Waals surface area contributed by atoms with Crippen LogP contribution in [0.3, 0.4) is 0 Å². The van der Waals surface area contributed by atoms with Crippen LogP contribution in [0.4, 0.5) is 5.69 Å². The Bertz CT molecular complexity index is 1410. The van der Waals surface area contributed by atoms with E-state index in [1.54, 1.807) is 16.7 Å². The molecule has 2 aliphatic rings. The van der Waals surface area contributed by atoms with Crippen LogP contribution in [0.1, 0.15) is 40.1 Å². The molecule has 3 aromatic carbocycles. The summed E-state index contributed by atoms with van der Waals surface area (Å²) < 4.78 is 1.62. The highest BCUT2D eigenvalue weighted by Crippen LogP contribution is 2.38. The van der Waals surface area contributed by atoms with Crippen molar-refractivity contribution >= 4 is 22.5 Å². The standard InChI is InChI=1S/C25H20N4O2/c30-24-18-9-3-6-12-22(18)29-23(27-20-11-5-2-8-17(20)25(29)31)21(28-24)13-15-14-26-19-10-4-1-7-16(15)19/h1-12,15,21,26H,13-14H2,(H,28,30). The van der Waals surface area contributed by atoms with Gasteiger partial charge in [0.2, 0.25) is 0 Å². The largest absolute Gasteiger partial charge is 0.384 e. The number of anilines is 1. The Balaban J connectivity index is 1.55. The summed E-state index contributed by atoms with van der Waals surface area (Å²) in [6.07, 6.45) is 0.647. The highest BCUT2D eigenvalue weighted by molar-refractivity contribution is 5.98. The van der Waals surface area contributed by atoms with Gasteiger partial charge in [0.05, 0.1) is 28.2 Å². The average Bonchev–Trinajstić information content (AvgIpc) is 3.16. The topological polar surface area (TPSA) is 76.0 Å². The number of aromatic nitrogens is 2. The molecule has 0 aliphatic carbocycles. The molecule has 4 aromatic rings. The van der Waals surface area contributed by atoms with Gasteiger partial charge < -0.3 is 10.6 Å². The summed E-state index contributed by atoms with van der Waals surface area (Å²) in [4.78, 5) is 31.6. The highest BCUT2D eigenvalue weighted by Gasteiger charge is 2.33. The monoisotopic (exact) mass is 408 g/mol. The maximum atomic E-state index is 13.5. The maximum Gasteiger partial charge on any atom is 0.266 e. The molecule has 0 saturated carbocycles. The Hall–Kier alpha value is -3.93. The minimum Gasteiger partial charge on any atom is -0.384 e. The Morgan fingerprint density at radius 1 is 0.935 bits per heavy atom. The molecule has 0 bridgehead atoms. The van der Waals surface area contributed by atoms with Gasteiger partial charge in [0.25, 0.3) is 11.5 Å². The van der Waals surface area contributed by atoms with Crippen molar-refractivity contribution in [2.45, 2.75) is 18.4 Å². The van der Waals surface area contributed by atoms with Gasteiger partial charge in [-0.1, -0.05) is 42.5 Å². The van der Waals surface area contributed by atoms with E-state index < -0.39 is 6.04 Å². The van der Waals surface area contributed by atoms with E-state index in [2.05, 4.69) is 22.8 Å². The summed E-state index contributed by atoms with van der Waals surface area (Å²) >= 11 is 0. The van der Waals surface area contributed by atoms with Crippen molar-refractivity contribution in [3.63, 3.8) is 0 Å². The molecule has 6 rings (SSSR count). The van der Waals surface area contributed by atoms with Gasteiger partial charge in [0.15, 0.2) is 0 Å². The summed E-state index contributed by atoms with van der Waals surface area (Å²) in [5, 5.41) is 7.14. The zero-order valence-corrected chi connectivity index (χ0v) is 16.7. The molecule has 1 aromatic heterocycles. The minimum atomic E-state index is -0.393. The van der Waals surface area contributed by atoms with Gasteiger partial charge in [-0.15, -0.1) is 0 Å². The lowest BCUT2D eigenvalue weighted by Gasteiger charge is -2.22. The first-order valence-electron chi connectivity index (χ1n) is 10.5. The Kier molecular flexibility index (Phi) is 3.93. The molecule has 31 heavy (non-hydrogen) atoms. The van der Waals surface area contributed by atoms with Crippen molar-refractivity contribution in [2.24, 2.45) is 0 Å². The Labute approximate surface area is 178 Å².